The highest BCUT2D eigenvalue weighted by atomic mass is 32.1. The quantitative estimate of drug-likeness (QED) is 0.419. The molecular weight excluding hydrogens is 484 g/mol. The molecule has 1 atom stereocenters. The summed E-state index contributed by atoms with van der Waals surface area (Å²) in [5.74, 6) is 1.20. The summed E-state index contributed by atoms with van der Waals surface area (Å²) in [6.07, 6.45) is 6.06. The van der Waals surface area contributed by atoms with E-state index in [4.69, 9.17) is 4.74 Å². The number of carbonyl (C=O) groups is 1. The average Bonchev–Trinajstić information content (AvgIpc) is 3.53. The van der Waals surface area contributed by atoms with Crippen molar-refractivity contribution >= 4 is 33.1 Å². The first-order valence-corrected chi connectivity index (χ1v) is 14.2. The molecule has 1 amide bonds. The second-order valence-electron chi connectivity index (χ2n) is 11.7. The lowest BCUT2D eigenvalue weighted by Crippen LogP contribution is -2.66. The number of thiophene rings is 1. The van der Waals surface area contributed by atoms with E-state index in [-0.39, 0.29) is 11.9 Å². The Labute approximate surface area is 220 Å². The molecule has 0 bridgehead atoms. The minimum absolute atomic E-state index is 0.167. The molecule has 4 aromatic rings. The van der Waals surface area contributed by atoms with Gasteiger partial charge in [-0.25, -0.2) is 9.50 Å². The van der Waals surface area contributed by atoms with Crippen LogP contribution in [0.4, 0.5) is 0 Å². The normalized spacial score (nSPS) is 21.8. The Kier molecular flexibility index (Phi) is 5.29. The largest absolute Gasteiger partial charge is 0.378 e. The number of nitrogens with one attached hydrogen (secondary N) is 2. The molecule has 1 aliphatic carbocycles. The molecule has 3 aliphatic rings. The summed E-state index contributed by atoms with van der Waals surface area (Å²) >= 11 is 1.93. The number of morpholine rings is 1. The van der Waals surface area contributed by atoms with Crippen LogP contribution in [0.1, 0.15) is 60.1 Å². The van der Waals surface area contributed by atoms with Gasteiger partial charge in [0.25, 0.3) is 0 Å². The maximum Gasteiger partial charge on any atom is 0.242 e. The molecule has 9 heteroatoms. The van der Waals surface area contributed by atoms with Crippen LogP contribution in [0.15, 0.2) is 18.6 Å². The van der Waals surface area contributed by atoms with Gasteiger partial charge in [-0.1, -0.05) is 13.8 Å². The summed E-state index contributed by atoms with van der Waals surface area (Å²) in [5.41, 5.74) is 7.52. The molecule has 7 rings (SSSR count). The second-order valence-corrected chi connectivity index (χ2v) is 12.7. The number of rotatable bonds is 4. The highest BCUT2D eigenvalue weighted by Crippen LogP contribution is 2.59. The fraction of sp³-hybridized carbons (Fsp3) is 0.536. The molecule has 2 N–H and O–H groups in total. The van der Waals surface area contributed by atoms with E-state index < -0.39 is 0 Å². The topological polar surface area (TPSA) is 87.5 Å². The molecule has 2 saturated heterocycles. The van der Waals surface area contributed by atoms with Crippen molar-refractivity contribution in [1.29, 1.82) is 0 Å². The third-order valence-corrected chi connectivity index (χ3v) is 10.1. The van der Waals surface area contributed by atoms with Crippen molar-refractivity contribution in [2.24, 2.45) is 5.41 Å². The van der Waals surface area contributed by atoms with Gasteiger partial charge in [-0.15, -0.1) is 11.3 Å². The Hall–Kier alpha value is -2.75. The van der Waals surface area contributed by atoms with Crippen LogP contribution in [-0.4, -0.2) is 69.3 Å². The van der Waals surface area contributed by atoms with E-state index in [1.165, 1.54) is 44.8 Å². The first-order valence-electron chi connectivity index (χ1n) is 13.4. The molecule has 3 fully saturated rings. The zero-order valence-electron chi connectivity index (χ0n) is 21.9. The Morgan fingerprint density at radius 1 is 1.27 bits per heavy atom. The number of aryl methyl sites for hydroxylation is 2. The van der Waals surface area contributed by atoms with Crippen molar-refractivity contribution in [2.75, 3.05) is 32.8 Å². The first-order chi connectivity index (χ1) is 17.8. The van der Waals surface area contributed by atoms with Gasteiger partial charge in [-0.05, 0) is 61.3 Å². The molecule has 4 aromatic heterocycles. The molecule has 1 spiro atoms. The summed E-state index contributed by atoms with van der Waals surface area (Å²) in [5, 5.41) is 9.08. The zero-order valence-corrected chi connectivity index (χ0v) is 22.7. The Balaban J connectivity index is 1.13. The van der Waals surface area contributed by atoms with E-state index in [2.05, 4.69) is 60.3 Å². The lowest BCUT2D eigenvalue weighted by atomic mass is 9.57. The van der Waals surface area contributed by atoms with Crippen molar-refractivity contribution < 1.29 is 9.53 Å². The van der Waals surface area contributed by atoms with Gasteiger partial charge in [-0.2, -0.15) is 5.10 Å². The lowest BCUT2D eigenvalue weighted by Gasteiger charge is -2.59. The van der Waals surface area contributed by atoms with Gasteiger partial charge in [0.15, 0.2) is 5.65 Å². The minimum atomic E-state index is -0.167. The van der Waals surface area contributed by atoms with Crippen molar-refractivity contribution in [3.05, 3.63) is 40.2 Å². The molecule has 0 radical (unpaired) electrons. The van der Waals surface area contributed by atoms with Gasteiger partial charge in [-0.3, -0.25) is 4.79 Å². The van der Waals surface area contributed by atoms with Gasteiger partial charge in [0.1, 0.15) is 17.2 Å². The molecular formula is C28H34N6O2S. The third kappa shape index (κ3) is 3.58. The van der Waals surface area contributed by atoms with Crippen LogP contribution in [-0.2, 0) is 9.53 Å². The van der Waals surface area contributed by atoms with Crippen LogP contribution < -0.4 is 5.32 Å². The highest BCUT2D eigenvalue weighted by Gasteiger charge is 2.55. The van der Waals surface area contributed by atoms with Crippen molar-refractivity contribution in [1.82, 2.24) is 29.8 Å². The third-order valence-electron chi connectivity index (χ3n) is 8.70. The molecule has 0 unspecified atom stereocenters. The molecule has 2 aliphatic heterocycles. The summed E-state index contributed by atoms with van der Waals surface area (Å²) < 4.78 is 7.36. The summed E-state index contributed by atoms with van der Waals surface area (Å²) in [7, 11) is 0. The number of aromatic amines is 1. The zero-order chi connectivity index (χ0) is 25.5. The van der Waals surface area contributed by atoms with E-state index in [1.807, 2.05) is 20.8 Å². The lowest BCUT2D eigenvalue weighted by molar-refractivity contribution is -0.156. The summed E-state index contributed by atoms with van der Waals surface area (Å²) in [4.78, 5) is 25.8. The first kappa shape index (κ1) is 23.4. The van der Waals surface area contributed by atoms with Crippen LogP contribution in [0.5, 0.6) is 0 Å². The highest BCUT2D eigenvalue weighted by molar-refractivity contribution is 7.19. The van der Waals surface area contributed by atoms with Gasteiger partial charge in [0.2, 0.25) is 5.91 Å². The smallest absolute Gasteiger partial charge is 0.242 e. The average molecular weight is 519 g/mol. The number of likely N-dealkylation sites (tertiary alicyclic amines) is 1. The Morgan fingerprint density at radius 3 is 2.81 bits per heavy atom. The van der Waals surface area contributed by atoms with Gasteiger partial charge >= 0.3 is 0 Å². The maximum absolute atomic E-state index is 12.8. The fourth-order valence-corrected chi connectivity index (χ4v) is 8.29. The number of fused-ring (bicyclic) bond motifs is 2. The monoisotopic (exact) mass is 518 g/mol. The summed E-state index contributed by atoms with van der Waals surface area (Å²) in [6, 6.07) is 2.05. The second kappa shape index (κ2) is 8.38. The SMILES string of the molecule is Cc1c(C2CC3(C2)CN(C(=O)[C@H]2COCCN2)C3)sc2[nH]c(-c3cc(C)c4ncnn4c3)c(C(C)C)c12. The number of ether oxygens (including phenoxy) is 1. The Morgan fingerprint density at radius 2 is 2.08 bits per heavy atom. The number of H-pyrrole nitrogens is 1. The fourth-order valence-electron chi connectivity index (χ4n) is 6.97. The number of pyridine rings is 1. The molecule has 1 saturated carbocycles. The predicted octanol–water partition coefficient (Wildman–Crippen LogP) is 4.37. The van der Waals surface area contributed by atoms with Gasteiger partial charge in [0, 0.05) is 47.1 Å². The van der Waals surface area contributed by atoms with E-state index in [0.29, 0.717) is 30.5 Å². The van der Waals surface area contributed by atoms with E-state index in [0.717, 1.165) is 36.4 Å². The molecule has 194 valence electrons. The van der Waals surface area contributed by atoms with E-state index in [9.17, 15) is 4.79 Å². The Bertz CT molecular complexity index is 1510. The maximum atomic E-state index is 12.8. The van der Waals surface area contributed by atoms with Crippen LogP contribution in [0.3, 0.4) is 0 Å². The number of carbonyl (C=O) groups excluding carboxylic acids is 1. The standard InChI is InChI=1S/C28H34N6O2S/c1-15(2)21-22-17(4)24(19-8-28(9-19)12-33(13-28)27(35)20-11-36-6-5-29-20)37-26(22)32-23(21)18-7-16(3)25-30-14-31-34(25)10-18/h7,10,14-15,19-20,29,32H,5-6,8-9,11-13H2,1-4H3/t20-/m1/s1. The minimum Gasteiger partial charge on any atom is -0.378 e. The number of amides is 1. The van der Waals surface area contributed by atoms with Crippen LogP contribution in [0, 0.1) is 19.3 Å². The van der Waals surface area contributed by atoms with Crippen LogP contribution >= 0.6 is 11.3 Å². The summed E-state index contributed by atoms with van der Waals surface area (Å²) in [6.45, 7) is 12.7. The molecule has 37 heavy (non-hydrogen) atoms. The number of nitrogens with zero attached hydrogens (tertiary/aromatic N) is 4. The van der Waals surface area contributed by atoms with Crippen molar-refractivity contribution in [2.45, 2.75) is 58.4 Å². The number of aromatic nitrogens is 4. The number of hydrogen-bond donors (Lipinski definition) is 2. The van der Waals surface area contributed by atoms with E-state index >= 15 is 0 Å². The van der Waals surface area contributed by atoms with Crippen LogP contribution in [0.2, 0.25) is 0 Å². The predicted molar refractivity (Wildman–Crippen MR) is 145 cm³/mol. The molecule has 8 nitrogen and oxygen atoms in total. The molecule has 0 aromatic carbocycles. The van der Waals surface area contributed by atoms with Crippen molar-refractivity contribution in [3.8, 4) is 11.3 Å². The van der Waals surface area contributed by atoms with Crippen LogP contribution in [0.25, 0.3) is 27.1 Å². The molecule has 6 heterocycles. The number of hydrogen-bond acceptors (Lipinski definition) is 6. The van der Waals surface area contributed by atoms with Gasteiger partial charge < -0.3 is 19.9 Å². The van der Waals surface area contributed by atoms with E-state index in [1.54, 1.807) is 6.33 Å². The van der Waals surface area contributed by atoms with Crippen molar-refractivity contribution in [3.63, 3.8) is 0 Å². The van der Waals surface area contributed by atoms with Gasteiger partial charge in [0.05, 0.1) is 18.9 Å².